The molecular formula is C13H17F2NO2. The fourth-order valence-corrected chi connectivity index (χ4v) is 1.67. The summed E-state index contributed by atoms with van der Waals surface area (Å²) in [5.74, 6) is -1.93. The molecule has 0 spiro atoms. The highest BCUT2D eigenvalue weighted by atomic mass is 19.1. The van der Waals surface area contributed by atoms with E-state index in [-0.39, 0.29) is 12.3 Å². The van der Waals surface area contributed by atoms with Crippen molar-refractivity contribution in [2.45, 2.75) is 19.8 Å². The predicted octanol–water partition coefficient (Wildman–Crippen LogP) is 2.21. The Morgan fingerprint density at radius 1 is 1.44 bits per heavy atom. The van der Waals surface area contributed by atoms with E-state index < -0.39 is 17.6 Å². The van der Waals surface area contributed by atoms with E-state index >= 15 is 0 Å². The molecule has 100 valence electrons. The van der Waals surface area contributed by atoms with Crippen LogP contribution in [0.3, 0.4) is 0 Å². The number of carboxylic acid groups (broad SMARTS) is 1. The van der Waals surface area contributed by atoms with Crippen molar-refractivity contribution in [3.05, 3.63) is 35.4 Å². The van der Waals surface area contributed by atoms with Crippen molar-refractivity contribution in [1.29, 1.82) is 0 Å². The van der Waals surface area contributed by atoms with Crippen molar-refractivity contribution in [2.24, 2.45) is 5.92 Å². The molecule has 0 aromatic heterocycles. The molecule has 18 heavy (non-hydrogen) atoms. The minimum absolute atomic E-state index is 0.0283. The van der Waals surface area contributed by atoms with Gasteiger partial charge in [0.15, 0.2) is 0 Å². The lowest BCUT2D eigenvalue weighted by Crippen LogP contribution is -2.25. The van der Waals surface area contributed by atoms with E-state index in [9.17, 15) is 13.6 Å². The van der Waals surface area contributed by atoms with Crippen LogP contribution in [0.2, 0.25) is 0 Å². The van der Waals surface area contributed by atoms with Gasteiger partial charge in [0.1, 0.15) is 11.6 Å². The van der Waals surface area contributed by atoms with Crippen molar-refractivity contribution in [3.63, 3.8) is 0 Å². The molecule has 0 fully saturated rings. The molecule has 1 unspecified atom stereocenters. The van der Waals surface area contributed by atoms with Crippen LogP contribution in [0.15, 0.2) is 18.2 Å². The zero-order valence-corrected chi connectivity index (χ0v) is 10.2. The van der Waals surface area contributed by atoms with E-state index in [1.165, 1.54) is 12.1 Å². The average molecular weight is 257 g/mol. The van der Waals surface area contributed by atoms with E-state index in [4.69, 9.17) is 5.11 Å². The number of benzene rings is 1. The first-order valence-electron chi connectivity index (χ1n) is 5.85. The first kappa shape index (κ1) is 14.6. The van der Waals surface area contributed by atoms with Gasteiger partial charge in [0.05, 0.1) is 0 Å². The topological polar surface area (TPSA) is 49.3 Å². The smallest absolute Gasteiger partial charge is 0.303 e. The maximum atomic E-state index is 13.3. The fraction of sp³-hybridized carbons (Fsp3) is 0.462. The van der Waals surface area contributed by atoms with Crippen LogP contribution in [-0.4, -0.2) is 24.2 Å². The third-order valence-electron chi connectivity index (χ3n) is 2.60. The van der Waals surface area contributed by atoms with Gasteiger partial charge in [0, 0.05) is 12.5 Å². The quantitative estimate of drug-likeness (QED) is 0.736. The summed E-state index contributed by atoms with van der Waals surface area (Å²) in [5.41, 5.74) is 0.454. The average Bonchev–Trinajstić information content (AvgIpc) is 2.25. The number of hydrogen-bond acceptors (Lipinski definition) is 2. The van der Waals surface area contributed by atoms with E-state index in [2.05, 4.69) is 5.32 Å². The third kappa shape index (κ3) is 5.23. The maximum absolute atomic E-state index is 13.3. The summed E-state index contributed by atoms with van der Waals surface area (Å²) in [4.78, 5) is 10.4. The fourth-order valence-electron chi connectivity index (χ4n) is 1.67. The zero-order valence-electron chi connectivity index (χ0n) is 10.2. The van der Waals surface area contributed by atoms with Crippen LogP contribution in [0.1, 0.15) is 18.9 Å². The standard InChI is InChI=1S/C13H17F2NO2/c1-9(6-13(17)18)8-16-5-4-10-2-3-11(14)7-12(10)15/h2-3,7,9,16H,4-6,8H2,1H3,(H,17,18). The molecule has 0 aliphatic heterocycles. The van der Waals surface area contributed by atoms with Crippen LogP contribution >= 0.6 is 0 Å². The van der Waals surface area contributed by atoms with Crippen LogP contribution in [0.5, 0.6) is 0 Å². The second kappa shape index (κ2) is 7.06. The summed E-state index contributed by atoms with van der Waals surface area (Å²) in [6.07, 6.45) is 0.559. The first-order chi connectivity index (χ1) is 8.49. The molecule has 0 heterocycles. The van der Waals surface area contributed by atoms with Crippen LogP contribution in [-0.2, 0) is 11.2 Å². The molecule has 0 aliphatic carbocycles. The summed E-state index contributed by atoms with van der Waals surface area (Å²) >= 11 is 0. The Labute approximate surface area is 105 Å². The number of rotatable bonds is 7. The molecule has 0 aliphatic rings. The van der Waals surface area contributed by atoms with E-state index in [1.807, 2.05) is 6.92 Å². The lowest BCUT2D eigenvalue weighted by Gasteiger charge is -2.10. The zero-order chi connectivity index (χ0) is 13.5. The monoisotopic (exact) mass is 257 g/mol. The third-order valence-corrected chi connectivity index (χ3v) is 2.60. The molecule has 1 aromatic rings. The molecule has 5 heteroatoms. The number of nitrogens with one attached hydrogen (secondary N) is 1. The Bertz CT molecular complexity index is 410. The van der Waals surface area contributed by atoms with Gasteiger partial charge in [-0.2, -0.15) is 0 Å². The first-order valence-corrected chi connectivity index (χ1v) is 5.85. The van der Waals surface area contributed by atoms with Gasteiger partial charge < -0.3 is 10.4 Å². The summed E-state index contributed by atoms with van der Waals surface area (Å²) < 4.78 is 25.9. The predicted molar refractivity (Wildman–Crippen MR) is 64.3 cm³/mol. The second-order valence-electron chi connectivity index (χ2n) is 4.39. The van der Waals surface area contributed by atoms with E-state index in [0.717, 1.165) is 6.07 Å². The lowest BCUT2D eigenvalue weighted by atomic mass is 10.1. The summed E-state index contributed by atoms with van der Waals surface area (Å²) in [6, 6.07) is 3.51. The molecule has 1 aromatic carbocycles. The molecule has 2 N–H and O–H groups in total. The van der Waals surface area contributed by atoms with E-state index in [0.29, 0.717) is 25.1 Å². The van der Waals surface area contributed by atoms with Gasteiger partial charge in [-0.15, -0.1) is 0 Å². The molecule has 0 amide bonds. The maximum Gasteiger partial charge on any atom is 0.303 e. The molecule has 0 saturated heterocycles. The minimum atomic E-state index is -0.825. The normalized spacial score (nSPS) is 12.4. The van der Waals surface area contributed by atoms with Crippen molar-refractivity contribution in [2.75, 3.05) is 13.1 Å². The van der Waals surface area contributed by atoms with Gasteiger partial charge in [-0.1, -0.05) is 13.0 Å². The Hall–Kier alpha value is -1.49. The largest absolute Gasteiger partial charge is 0.481 e. The second-order valence-corrected chi connectivity index (χ2v) is 4.39. The SMILES string of the molecule is CC(CNCCc1ccc(F)cc1F)CC(=O)O. The molecule has 3 nitrogen and oxygen atoms in total. The highest BCUT2D eigenvalue weighted by molar-refractivity contribution is 5.66. The number of carboxylic acids is 1. The van der Waals surface area contributed by atoms with Crippen molar-refractivity contribution in [3.8, 4) is 0 Å². The molecule has 0 bridgehead atoms. The number of aliphatic carboxylic acids is 1. The van der Waals surface area contributed by atoms with Gasteiger partial charge >= 0.3 is 5.97 Å². The van der Waals surface area contributed by atoms with Crippen LogP contribution in [0.25, 0.3) is 0 Å². The van der Waals surface area contributed by atoms with Gasteiger partial charge in [-0.25, -0.2) is 8.78 Å². The van der Waals surface area contributed by atoms with Crippen molar-refractivity contribution >= 4 is 5.97 Å². The van der Waals surface area contributed by atoms with Crippen LogP contribution < -0.4 is 5.32 Å². The highest BCUT2D eigenvalue weighted by Crippen LogP contribution is 2.09. The van der Waals surface area contributed by atoms with Gasteiger partial charge in [-0.3, -0.25) is 4.79 Å². The Balaban J connectivity index is 2.27. The van der Waals surface area contributed by atoms with Crippen molar-refractivity contribution in [1.82, 2.24) is 5.32 Å². The van der Waals surface area contributed by atoms with E-state index in [1.54, 1.807) is 0 Å². The highest BCUT2D eigenvalue weighted by Gasteiger charge is 2.07. The molecule has 0 saturated carbocycles. The Kier molecular flexibility index (Phi) is 5.71. The van der Waals surface area contributed by atoms with Crippen LogP contribution in [0, 0.1) is 17.6 Å². The lowest BCUT2D eigenvalue weighted by molar-refractivity contribution is -0.137. The van der Waals surface area contributed by atoms with Crippen molar-refractivity contribution < 1.29 is 18.7 Å². The van der Waals surface area contributed by atoms with Gasteiger partial charge in [0.25, 0.3) is 0 Å². The number of hydrogen-bond donors (Lipinski definition) is 2. The minimum Gasteiger partial charge on any atom is -0.481 e. The number of carbonyl (C=O) groups is 1. The van der Waals surface area contributed by atoms with Gasteiger partial charge in [0.2, 0.25) is 0 Å². The van der Waals surface area contributed by atoms with Gasteiger partial charge in [-0.05, 0) is 37.1 Å². The van der Waals surface area contributed by atoms with Crippen LogP contribution in [0.4, 0.5) is 8.78 Å². The summed E-state index contributed by atoms with van der Waals surface area (Å²) in [6.45, 7) is 2.93. The molecule has 1 atom stereocenters. The summed E-state index contributed by atoms with van der Waals surface area (Å²) in [5, 5.41) is 11.6. The summed E-state index contributed by atoms with van der Waals surface area (Å²) in [7, 11) is 0. The molecular weight excluding hydrogens is 240 g/mol. The molecule has 1 rings (SSSR count). The molecule has 0 radical (unpaired) electrons. The Morgan fingerprint density at radius 2 is 2.17 bits per heavy atom. The Morgan fingerprint density at radius 3 is 2.78 bits per heavy atom. The number of halogens is 2.